The van der Waals surface area contributed by atoms with Gasteiger partial charge in [0.25, 0.3) is 0 Å². The van der Waals surface area contributed by atoms with E-state index in [0.717, 1.165) is 34.0 Å². The SMILES string of the molecule is Cc1sc2ncnc(NCC3(OCCO)CCSC3)c2c1C. The van der Waals surface area contributed by atoms with Crippen LogP contribution in [-0.4, -0.2) is 51.9 Å². The van der Waals surface area contributed by atoms with Crippen molar-refractivity contribution >= 4 is 39.1 Å². The molecule has 5 nitrogen and oxygen atoms in total. The summed E-state index contributed by atoms with van der Waals surface area (Å²) in [6.07, 6.45) is 2.62. The van der Waals surface area contributed by atoms with Crippen LogP contribution in [0.4, 0.5) is 5.82 Å². The quantitative estimate of drug-likeness (QED) is 0.843. The van der Waals surface area contributed by atoms with Gasteiger partial charge in [-0.2, -0.15) is 11.8 Å². The van der Waals surface area contributed by atoms with E-state index in [9.17, 15) is 0 Å². The summed E-state index contributed by atoms with van der Waals surface area (Å²) in [6.45, 7) is 5.39. The van der Waals surface area contributed by atoms with Crippen molar-refractivity contribution in [1.82, 2.24) is 9.97 Å². The number of aryl methyl sites for hydroxylation is 2. The number of aliphatic hydroxyl groups is 1. The third-order valence-electron chi connectivity index (χ3n) is 4.11. The Morgan fingerprint density at radius 2 is 2.27 bits per heavy atom. The minimum atomic E-state index is -0.205. The lowest BCUT2D eigenvalue weighted by Crippen LogP contribution is -2.41. The van der Waals surface area contributed by atoms with Crippen molar-refractivity contribution in [2.75, 3.05) is 36.6 Å². The Morgan fingerprint density at radius 3 is 3.00 bits per heavy atom. The first kappa shape index (κ1) is 16.0. The first-order chi connectivity index (χ1) is 10.7. The van der Waals surface area contributed by atoms with Gasteiger partial charge in [-0.1, -0.05) is 0 Å². The van der Waals surface area contributed by atoms with Gasteiger partial charge in [0.1, 0.15) is 17.0 Å². The van der Waals surface area contributed by atoms with E-state index in [-0.39, 0.29) is 12.2 Å². The van der Waals surface area contributed by atoms with Crippen molar-refractivity contribution in [3.05, 3.63) is 16.8 Å². The fourth-order valence-electron chi connectivity index (χ4n) is 2.72. The first-order valence-corrected chi connectivity index (χ1v) is 9.39. The Kier molecular flexibility index (Phi) is 4.87. The highest BCUT2D eigenvalue weighted by Crippen LogP contribution is 2.35. The molecule has 2 N–H and O–H groups in total. The number of rotatable bonds is 6. The molecule has 2 aromatic heterocycles. The summed E-state index contributed by atoms with van der Waals surface area (Å²) in [7, 11) is 0. The molecule has 1 fully saturated rings. The lowest BCUT2D eigenvalue weighted by molar-refractivity contribution is -0.0310. The number of thioether (sulfide) groups is 1. The number of nitrogens with zero attached hydrogens (tertiary/aromatic N) is 2. The minimum absolute atomic E-state index is 0.0625. The predicted molar refractivity (Wildman–Crippen MR) is 93.1 cm³/mol. The maximum Gasteiger partial charge on any atom is 0.138 e. The molecule has 0 aliphatic carbocycles. The van der Waals surface area contributed by atoms with E-state index >= 15 is 0 Å². The van der Waals surface area contributed by atoms with E-state index < -0.39 is 0 Å². The van der Waals surface area contributed by atoms with Crippen molar-refractivity contribution in [3.63, 3.8) is 0 Å². The molecule has 0 saturated carbocycles. The zero-order chi connectivity index (χ0) is 15.6. The summed E-state index contributed by atoms with van der Waals surface area (Å²) in [5.74, 6) is 2.94. The Morgan fingerprint density at radius 1 is 1.41 bits per heavy atom. The number of hydrogen-bond acceptors (Lipinski definition) is 7. The first-order valence-electron chi connectivity index (χ1n) is 7.42. The highest BCUT2D eigenvalue weighted by molar-refractivity contribution is 7.99. The summed E-state index contributed by atoms with van der Waals surface area (Å²) >= 11 is 3.60. The molecule has 2 aromatic rings. The van der Waals surface area contributed by atoms with Gasteiger partial charge in [0.15, 0.2) is 0 Å². The molecule has 1 aliphatic rings. The molecule has 3 rings (SSSR count). The van der Waals surface area contributed by atoms with Gasteiger partial charge in [0.2, 0.25) is 0 Å². The number of nitrogens with one attached hydrogen (secondary N) is 1. The molecular formula is C15H21N3O2S2. The van der Waals surface area contributed by atoms with Crippen molar-refractivity contribution in [1.29, 1.82) is 0 Å². The molecule has 7 heteroatoms. The van der Waals surface area contributed by atoms with Gasteiger partial charge in [-0.25, -0.2) is 9.97 Å². The van der Waals surface area contributed by atoms with Gasteiger partial charge in [-0.15, -0.1) is 11.3 Å². The van der Waals surface area contributed by atoms with E-state index in [1.165, 1.54) is 10.4 Å². The fraction of sp³-hybridized carbons (Fsp3) is 0.600. The summed E-state index contributed by atoms with van der Waals surface area (Å²) in [5.41, 5.74) is 1.04. The van der Waals surface area contributed by atoms with Crippen molar-refractivity contribution in [3.8, 4) is 0 Å². The lowest BCUT2D eigenvalue weighted by Gasteiger charge is -2.29. The van der Waals surface area contributed by atoms with Gasteiger partial charge in [-0.05, 0) is 31.6 Å². The van der Waals surface area contributed by atoms with Crippen LogP contribution in [0.25, 0.3) is 10.2 Å². The van der Waals surface area contributed by atoms with Crippen LogP contribution in [-0.2, 0) is 4.74 Å². The van der Waals surface area contributed by atoms with Crippen LogP contribution in [0.2, 0.25) is 0 Å². The Labute approximate surface area is 138 Å². The lowest BCUT2D eigenvalue weighted by atomic mass is 10.0. The molecule has 0 spiro atoms. The van der Waals surface area contributed by atoms with Crippen molar-refractivity contribution in [2.24, 2.45) is 0 Å². The number of fused-ring (bicyclic) bond motifs is 1. The molecule has 0 radical (unpaired) electrons. The Balaban J connectivity index is 1.81. The van der Waals surface area contributed by atoms with E-state index in [1.807, 2.05) is 11.8 Å². The van der Waals surface area contributed by atoms with Gasteiger partial charge in [0.05, 0.1) is 24.2 Å². The monoisotopic (exact) mass is 339 g/mol. The highest BCUT2D eigenvalue weighted by atomic mass is 32.2. The molecular weight excluding hydrogens is 318 g/mol. The number of ether oxygens (including phenoxy) is 1. The second kappa shape index (κ2) is 6.70. The van der Waals surface area contributed by atoms with Crippen LogP contribution in [0, 0.1) is 13.8 Å². The van der Waals surface area contributed by atoms with E-state index in [0.29, 0.717) is 13.2 Å². The number of aromatic nitrogens is 2. The molecule has 0 amide bonds. The zero-order valence-corrected chi connectivity index (χ0v) is 14.5. The van der Waals surface area contributed by atoms with Crippen molar-refractivity contribution < 1.29 is 9.84 Å². The molecule has 1 saturated heterocycles. The van der Waals surface area contributed by atoms with Gasteiger partial charge in [-0.3, -0.25) is 0 Å². The normalized spacial score (nSPS) is 21.6. The smallest absolute Gasteiger partial charge is 0.138 e. The van der Waals surface area contributed by atoms with Gasteiger partial charge < -0.3 is 15.2 Å². The Bertz CT molecular complexity index is 654. The third kappa shape index (κ3) is 3.08. The van der Waals surface area contributed by atoms with E-state index in [1.54, 1.807) is 17.7 Å². The molecule has 1 atom stereocenters. The van der Waals surface area contributed by atoms with Crippen LogP contribution in [0.5, 0.6) is 0 Å². The second-order valence-electron chi connectivity index (χ2n) is 5.60. The number of hydrogen-bond donors (Lipinski definition) is 2. The highest BCUT2D eigenvalue weighted by Gasteiger charge is 2.35. The summed E-state index contributed by atoms with van der Waals surface area (Å²) in [5, 5.41) is 13.6. The van der Waals surface area contributed by atoms with Crippen LogP contribution in [0.15, 0.2) is 6.33 Å². The predicted octanol–water partition coefficient (Wildman–Crippen LogP) is 2.60. The van der Waals surface area contributed by atoms with E-state index in [2.05, 4.69) is 29.1 Å². The van der Waals surface area contributed by atoms with Gasteiger partial charge >= 0.3 is 0 Å². The van der Waals surface area contributed by atoms with Crippen LogP contribution in [0.1, 0.15) is 16.9 Å². The van der Waals surface area contributed by atoms with Gasteiger partial charge in [0, 0.05) is 17.2 Å². The molecule has 0 aromatic carbocycles. The molecule has 1 unspecified atom stereocenters. The standard InChI is InChI=1S/C15H21N3O2S2/c1-10-11(2)22-14-12(10)13(17-9-18-14)16-7-15(20-5-4-19)3-6-21-8-15/h9,19H,3-8H2,1-2H3,(H,16,17,18). The molecule has 1 aliphatic heterocycles. The molecule has 3 heterocycles. The summed E-state index contributed by atoms with van der Waals surface area (Å²) < 4.78 is 5.93. The Hall–Kier alpha value is -0.890. The largest absolute Gasteiger partial charge is 0.394 e. The minimum Gasteiger partial charge on any atom is -0.394 e. The molecule has 22 heavy (non-hydrogen) atoms. The van der Waals surface area contributed by atoms with Crippen LogP contribution >= 0.6 is 23.1 Å². The third-order valence-corrected chi connectivity index (χ3v) is 6.45. The average Bonchev–Trinajstić information content (AvgIpc) is 3.10. The molecule has 120 valence electrons. The fourth-order valence-corrected chi connectivity index (χ4v) is 5.08. The number of anilines is 1. The topological polar surface area (TPSA) is 67.3 Å². The molecule has 0 bridgehead atoms. The van der Waals surface area contributed by atoms with Crippen LogP contribution < -0.4 is 5.32 Å². The maximum absolute atomic E-state index is 9.04. The zero-order valence-electron chi connectivity index (χ0n) is 12.9. The number of thiophene rings is 1. The summed E-state index contributed by atoms with van der Waals surface area (Å²) in [4.78, 5) is 11.1. The second-order valence-corrected chi connectivity index (χ2v) is 7.91. The maximum atomic E-state index is 9.04. The van der Waals surface area contributed by atoms with Crippen LogP contribution in [0.3, 0.4) is 0 Å². The van der Waals surface area contributed by atoms with E-state index in [4.69, 9.17) is 9.84 Å². The number of aliphatic hydroxyl groups excluding tert-OH is 1. The summed E-state index contributed by atoms with van der Waals surface area (Å²) in [6, 6.07) is 0. The van der Waals surface area contributed by atoms with Crippen molar-refractivity contribution in [2.45, 2.75) is 25.9 Å². The average molecular weight is 339 g/mol.